The molecule has 1 fully saturated rings. The van der Waals surface area contributed by atoms with E-state index in [9.17, 15) is 31.5 Å². The molecular formula is C23H16Cl3F5N3O3+. The third-order valence-corrected chi connectivity index (χ3v) is 6.63. The van der Waals surface area contributed by atoms with Crippen molar-refractivity contribution in [1.29, 1.82) is 0 Å². The zero-order valence-corrected chi connectivity index (χ0v) is 20.9. The van der Waals surface area contributed by atoms with Crippen LogP contribution in [-0.4, -0.2) is 31.1 Å². The largest absolute Gasteiger partial charge is 0.412 e. The Kier molecular flexibility index (Phi) is 7.42. The first-order valence-corrected chi connectivity index (χ1v) is 11.7. The van der Waals surface area contributed by atoms with Crippen molar-refractivity contribution in [2.24, 2.45) is 0 Å². The molecule has 3 aromatic rings. The zero-order chi connectivity index (χ0) is 27.2. The number of carbonyl (C=O) groups is 2. The van der Waals surface area contributed by atoms with Gasteiger partial charge >= 0.3 is 17.8 Å². The highest BCUT2D eigenvalue weighted by molar-refractivity contribution is 6.38. The van der Waals surface area contributed by atoms with Gasteiger partial charge in [0.1, 0.15) is 17.9 Å². The first-order chi connectivity index (χ1) is 17.3. The number of hydrogen-bond donors (Lipinski definition) is 2. The Hall–Kier alpha value is -2.89. The van der Waals surface area contributed by atoms with Crippen LogP contribution in [0.15, 0.2) is 30.3 Å². The van der Waals surface area contributed by atoms with E-state index in [2.05, 4.69) is 5.32 Å². The molecule has 0 bridgehead atoms. The number of amides is 2. The number of nitrogens with one attached hydrogen (secondary N) is 2. The molecule has 4 rings (SSSR count). The van der Waals surface area contributed by atoms with E-state index >= 15 is 0 Å². The Bertz CT molecular complexity index is 1430. The highest BCUT2D eigenvalue weighted by Gasteiger charge is 2.45. The Morgan fingerprint density at radius 1 is 1.03 bits per heavy atom. The predicted octanol–water partition coefficient (Wildman–Crippen LogP) is 5.35. The summed E-state index contributed by atoms with van der Waals surface area (Å²) in [6, 6.07) is 2.77. The normalized spacial score (nSPS) is 14.4. The molecule has 1 atom stereocenters. The quantitative estimate of drug-likeness (QED) is 0.178. The topological polar surface area (TPSA) is 71.3 Å². The molecule has 196 valence electrons. The van der Waals surface area contributed by atoms with Gasteiger partial charge in [-0.05, 0) is 31.0 Å². The van der Waals surface area contributed by atoms with Gasteiger partial charge < -0.3 is 10.6 Å². The van der Waals surface area contributed by atoms with Crippen LogP contribution in [0.5, 0.6) is 0 Å². The van der Waals surface area contributed by atoms with Gasteiger partial charge in [0.25, 0.3) is 11.4 Å². The second kappa shape index (κ2) is 10.1. The van der Waals surface area contributed by atoms with E-state index in [1.54, 1.807) is 5.32 Å². The average molecular weight is 584 g/mol. The van der Waals surface area contributed by atoms with Crippen molar-refractivity contribution >= 4 is 57.5 Å². The maximum atomic E-state index is 14.5. The summed E-state index contributed by atoms with van der Waals surface area (Å²) in [5, 5.41) is 2.68. The summed E-state index contributed by atoms with van der Waals surface area (Å²) in [5.74, 6) is -4.89. The van der Waals surface area contributed by atoms with Crippen LogP contribution in [0.4, 0.5) is 22.0 Å². The molecule has 2 amide bonds. The SMILES string of the molecule is CO[n+]1c(C(=O)NC(c2cc(Cl)c(F)c(Cl)c2F)C(F)(F)F)ccc2c(Cl)c(C(=O)NC3CC3)ccc21. The lowest BCUT2D eigenvalue weighted by atomic mass is 10.0. The maximum absolute atomic E-state index is 14.5. The van der Waals surface area contributed by atoms with Crippen LogP contribution in [-0.2, 0) is 0 Å². The number of pyridine rings is 1. The summed E-state index contributed by atoms with van der Waals surface area (Å²) in [6.45, 7) is 0. The molecule has 0 radical (unpaired) electrons. The molecule has 37 heavy (non-hydrogen) atoms. The van der Waals surface area contributed by atoms with E-state index < -0.39 is 57.0 Å². The van der Waals surface area contributed by atoms with Crippen molar-refractivity contribution in [3.05, 3.63) is 73.9 Å². The van der Waals surface area contributed by atoms with E-state index in [0.717, 1.165) is 30.7 Å². The van der Waals surface area contributed by atoms with Crippen molar-refractivity contribution < 1.29 is 41.1 Å². The molecule has 1 aliphatic rings. The number of alkyl halides is 3. The molecule has 0 spiro atoms. The summed E-state index contributed by atoms with van der Waals surface area (Å²) in [7, 11) is 1.15. The Balaban J connectivity index is 1.74. The van der Waals surface area contributed by atoms with Crippen LogP contribution in [0.3, 0.4) is 0 Å². The highest BCUT2D eigenvalue weighted by Crippen LogP contribution is 2.39. The fourth-order valence-corrected chi connectivity index (χ4v) is 4.43. The number of hydrogen-bond acceptors (Lipinski definition) is 3. The molecule has 1 unspecified atom stereocenters. The summed E-state index contributed by atoms with van der Waals surface area (Å²) in [4.78, 5) is 30.6. The second-order valence-electron chi connectivity index (χ2n) is 8.14. The predicted molar refractivity (Wildman–Crippen MR) is 125 cm³/mol. The van der Waals surface area contributed by atoms with Crippen molar-refractivity contribution in [3.63, 3.8) is 0 Å². The van der Waals surface area contributed by atoms with Crippen molar-refractivity contribution in [2.45, 2.75) is 31.1 Å². The lowest BCUT2D eigenvalue weighted by Crippen LogP contribution is -2.50. The van der Waals surface area contributed by atoms with Gasteiger partial charge in [-0.25, -0.2) is 8.78 Å². The fourth-order valence-electron chi connectivity index (χ4n) is 3.65. The van der Waals surface area contributed by atoms with E-state index in [1.807, 2.05) is 0 Å². The molecule has 0 saturated heterocycles. The van der Waals surface area contributed by atoms with Gasteiger partial charge in [-0.2, -0.15) is 13.2 Å². The molecule has 2 aromatic carbocycles. The zero-order valence-electron chi connectivity index (χ0n) is 18.7. The fraction of sp³-hybridized carbons (Fsp3) is 0.261. The van der Waals surface area contributed by atoms with Crippen LogP contribution in [0.25, 0.3) is 10.9 Å². The van der Waals surface area contributed by atoms with Crippen LogP contribution in [0.2, 0.25) is 15.1 Å². The molecule has 14 heteroatoms. The molecule has 6 nitrogen and oxygen atoms in total. The number of fused-ring (bicyclic) bond motifs is 1. The Morgan fingerprint density at radius 2 is 1.70 bits per heavy atom. The average Bonchev–Trinajstić information content (AvgIpc) is 3.66. The minimum Gasteiger partial charge on any atom is -0.349 e. The minimum absolute atomic E-state index is 0.0410. The first-order valence-electron chi connectivity index (χ1n) is 10.6. The first kappa shape index (κ1) is 27.2. The summed E-state index contributed by atoms with van der Waals surface area (Å²) < 4.78 is 70.8. The summed E-state index contributed by atoms with van der Waals surface area (Å²) in [5.41, 5.74) is -1.28. The van der Waals surface area contributed by atoms with E-state index in [1.165, 1.54) is 18.2 Å². The van der Waals surface area contributed by atoms with Crippen LogP contribution >= 0.6 is 34.8 Å². The van der Waals surface area contributed by atoms with E-state index in [4.69, 9.17) is 39.6 Å². The Morgan fingerprint density at radius 3 is 2.30 bits per heavy atom. The lowest BCUT2D eigenvalue weighted by molar-refractivity contribution is -0.866. The highest BCUT2D eigenvalue weighted by atomic mass is 35.5. The molecule has 1 heterocycles. The van der Waals surface area contributed by atoms with E-state index in [0.29, 0.717) is 6.07 Å². The maximum Gasteiger partial charge on any atom is 0.412 e. The third kappa shape index (κ3) is 5.25. The summed E-state index contributed by atoms with van der Waals surface area (Å²) >= 11 is 17.4. The third-order valence-electron chi connectivity index (χ3n) is 5.62. The number of nitrogens with zero attached hydrogens (tertiary/aromatic N) is 1. The number of benzene rings is 2. The standard InChI is InChI=1S/C23H15Cl3F5N3O3/c1-37-34-14-6-5-11(21(35)32-9-2-3-9)16(25)10(14)4-7-15(34)22(36)33-20(23(29,30)31)12-8-13(24)19(28)17(26)18(12)27/h4-9,20H,2-3H2,1H3,(H-,32,33,35,36)/p+1. The van der Waals surface area contributed by atoms with Crippen molar-refractivity contribution in [2.75, 3.05) is 7.11 Å². The van der Waals surface area contributed by atoms with Gasteiger partial charge in [-0.15, -0.1) is 0 Å². The molecular weight excluding hydrogens is 568 g/mol. The van der Waals surface area contributed by atoms with E-state index in [-0.39, 0.29) is 27.5 Å². The van der Waals surface area contributed by atoms with Crippen molar-refractivity contribution in [1.82, 2.24) is 10.6 Å². The van der Waals surface area contributed by atoms with Gasteiger partial charge in [0.2, 0.25) is 0 Å². The molecule has 1 aliphatic carbocycles. The van der Waals surface area contributed by atoms with Gasteiger partial charge in [-0.1, -0.05) is 34.8 Å². The molecule has 1 aromatic heterocycles. The number of aromatic nitrogens is 1. The molecule has 1 saturated carbocycles. The lowest BCUT2D eigenvalue weighted by Gasteiger charge is -2.22. The van der Waals surface area contributed by atoms with Crippen LogP contribution in [0, 0.1) is 11.6 Å². The number of halogens is 8. The van der Waals surface area contributed by atoms with Gasteiger partial charge in [0.05, 0.1) is 21.0 Å². The number of rotatable bonds is 6. The van der Waals surface area contributed by atoms with Crippen molar-refractivity contribution in [3.8, 4) is 0 Å². The summed E-state index contributed by atoms with van der Waals surface area (Å²) in [6.07, 6.45) is -3.50. The minimum atomic E-state index is -5.22. The van der Waals surface area contributed by atoms with Crippen LogP contribution < -0.4 is 20.2 Å². The Labute approximate surface area is 221 Å². The van der Waals surface area contributed by atoms with Gasteiger partial charge in [0.15, 0.2) is 11.9 Å². The number of carbonyl (C=O) groups excluding carboxylic acids is 2. The monoisotopic (exact) mass is 582 g/mol. The molecule has 0 aliphatic heterocycles. The van der Waals surface area contributed by atoms with Gasteiger partial charge in [0, 0.05) is 28.5 Å². The van der Waals surface area contributed by atoms with Gasteiger partial charge in [-0.3, -0.25) is 14.4 Å². The molecule has 2 N–H and O–H groups in total. The smallest absolute Gasteiger partial charge is 0.349 e. The second-order valence-corrected chi connectivity index (χ2v) is 9.30. The van der Waals surface area contributed by atoms with Crippen LogP contribution in [0.1, 0.15) is 45.3 Å².